The minimum Gasteiger partial charge on any atom is -0.333 e. The van der Waals surface area contributed by atoms with Crippen LogP contribution in [0.1, 0.15) is 42.1 Å². The Labute approximate surface area is 198 Å². The summed E-state index contributed by atoms with van der Waals surface area (Å²) in [5, 5.41) is 6.91. The number of amides is 1. The van der Waals surface area contributed by atoms with Gasteiger partial charge in [0.2, 0.25) is 11.7 Å². The van der Waals surface area contributed by atoms with Crippen LogP contribution in [-0.4, -0.2) is 20.6 Å². The Balaban J connectivity index is 1.60. The average Bonchev–Trinajstić information content (AvgIpc) is 3.27. The van der Waals surface area contributed by atoms with Gasteiger partial charge in [-0.1, -0.05) is 61.0 Å². The number of anilines is 1. The van der Waals surface area contributed by atoms with Crippen molar-refractivity contribution in [1.82, 2.24) is 14.7 Å². The zero-order valence-electron chi connectivity index (χ0n) is 20.0. The van der Waals surface area contributed by atoms with Crippen LogP contribution >= 0.6 is 0 Å². The van der Waals surface area contributed by atoms with Crippen molar-refractivity contribution in [2.45, 2.75) is 47.1 Å². The molecular formula is C27H28N4O3. The summed E-state index contributed by atoms with van der Waals surface area (Å²) >= 11 is 0. The van der Waals surface area contributed by atoms with Crippen molar-refractivity contribution in [2.75, 3.05) is 5.32 Å². The molecule has 2 aromatic carbocycles. The number of carbonyl (C=O) groups is 1. The molecule has 7 heteroatoms. The van der Waals surface area contributed by atoms with E-state index in [0.717, 1.165) is 11.1 Å². The third-order valence-corrected chi connectivity index (χ3v) is 5.82. The number of benzene rings is 2. The molecule has 174 valence electrons. The van der Waals surface area contributed by atoms with Gasteiger partial charge in [0.15, 0.2) is 0 Å². The van der Waals surface area contributed by atoms with Crippen LogP contribution in [0.15, 0.2) is 63.9 Å². The largest absolute Gasteiger partial charge is 0.333 e. The Kier molecular flexibility index (Phi) is 6.45. The van der Waals surface area contributed by atoms with Crippen LogP contribution in [0.25, 0.3) is 22.8 Å². The predicted octanol–water partition coefficient (Wildman–Crippen LogP) is 5.25. The minimum atomic E-state index is -0.345. The van der Waals surface area contributed by atoms with Gasteiger partial charge in [0.05, 0.1) is 0 Å². The van der Waals surface area contributed by atoms with Crippen LogP contribution in [0.3, 0.4) is 0 Å². The molecule has 0 bridgehead atoms. The second-order valence-corrected chi connectivity index (χ2v) is 8.85. The molecular weight excluding hydrogens is 428 g/mol. The van der Waals surface area contributed by atoms with E-state index in [1.165, 1.54) is 10.1 Å². The van der Waals surface area contributed by atoms with E-state index in [1.807, 2.05) is 68.4 Å². The molecule has 0 radical (unpaired) electrons. The second-order valence-electron chi connectivity index (χ2n) is 8.85. The van der Waals surface area contributed by atoms with E-state index in [-0.39, 0.29) is 23.9 Å². The molecule has 4 rings (SSSR count). The molecule has 0 unspecified atom stereocenters. The average molecular weight is 457 g/mol. The Bertz CT molecular complexity index is 1380. The van der Waals surface area contributed by atoms with Crippen LogP contribution < -0.4 is 10.9 Å². The molecule has 0 fully saturated rings. The van der Waals surface area contributed by atoms with Crippen LogP contribution in [0, 0.1) is 20.8 Å². The highest BCUT2D eigenvalue weighted by molar-refractivity contribution is 5.90. The maximum absolute atomic E-state index is 13.4. The van der Waals surface area contributed by atoms with E-state index in [1.54, 1.807) is 6.92 Å². The third kappa shape index (κ3) is 4.83. The molecule has 0 aliphatic carbocycles. The number of rotatable bonds is 6. The standard InChI is InChI=1S/C27H28N4O3/c1-16(2)20-10-12-22(13-11-20)28-23(32)15-31-19(5)14-18(4)24(27(31)33)26-29-25(30-34-26)21-8-6-17(3)7-9-21/h6-14,16H,15H2,1-5H3,(H,28,32). The van der Waals surface area contributed by atoms with E-state index in [4.69, 9.17) is 4.52 Å². The summed E-state index contributed by atoms with van der Waals surface area (Å²) in [4.78, 5) is 30.5. The summed E-state index contributed by atoms with van der Waals surface area (Å²) < 4.78 is 6.87. The van der Waals surface area contributed by atoms with Crippen LogP contribution in [0.5, 0.6) is 0 Å². The van der Waals surface area contributed by atoms with Crippen LogP contribution in [0.2, 0.25) is 0 Å². The predicted molar refractivity (Wildman–Crippen MR) is 133 cm³/mol. The first-order valence-corrected chi connectivity index (χ1v) is 11.2. The van der Waals surface area contributed by atoms with Crippen molar-refractivity contribution in [3.63, 3.8) is 0 Å². The zero-order chi connectivity index (χ0) is 24.4. The third-order valence-electron chi connectivity index (χ3n) is 5.82. The number of aromatic nitrogens is 3. The molecule has 2 heterocycles. The molecule has 7 nitrogen and oxygen atoms in total. The van der Waals surface area contributed by atoms with Gasteiger partial charge >= 0.3 is 0 Å². The topological polar surface area (TPSA) is 90.0 Å². The van der Waals surface area contributed by atoms with Gasteiger partial charge in [-0.25, -0.2) is 0 Å². The van der Waals surface area contributed by atoms with E-state index >= 15 is 0 Å². The molecule has 0 aliphatic heterocycles. The normalized spacial score (nSPS) is 11.1. The molecule has 0 aliphatic rings. The summed E-state index contributed by atoms with van der Waals surface area (Å²) in [7, 11) is 0. The number of hydrogen-bond donors (Lipinski definition) is 1. The molecule has 1 N–H and O–H groups in total. The zero-order valence-corrected chi connectivity index (χ0v) is 20.0. The first kappa shape index (κ1) is 23.2. The van der Waals surface area contributed by atoms with Gasteiger partial charge in [-0.3, -0.25) is 9.59 Å². The van der Waals surface area contributed by atoms with Crippen LogP contribution in [-0.2, 0) is 11.3 Å². The summed E-state index contributed by atoms with van der Waals surface area (Å²) in [6, 6.07) is 17.3. The van der Waals surface area contributed by atoms with Crippen molar-refractivity contribution in [3.8, 4) is 22.8 Å². The SMILES string of the molecule is Cc1ccc(-c2noc(-c3c(C)cc(C)n(CC(=O)Nc4ccc(C(C)C)cc4)c3=O)n2)cc1. The lowest BCUT2D eigenvalue weighted by Crippen LogP contribution is -2.30. The van der Waals surface area contributed by atoms with Crippen LogP contribution in [0.4, 0.5) is 5.69 Å². The summed E-state index contributed by atoms with van der Waals surface area (Å²) in [5.74, 6) is 0.663. The van der Waals surface area contributed by atoms with Gasteiger partial charge in [-0.15, -0.1) is 0 Å². The highest BCUT2D eigenvalue weighted by atomic mass is 16.5. The highest BCUT2D eigenvalue weighted by Crippen LogP contribution is 2.23. The smallest absolute Gasteiger partial charge is 0.264 e. The molecule has 0 saturated carbocycles. The van der Waals surface area contributed by atoms with Gasteiger partial charge in [-0.2, -0.15) is 4.98 Å². The van der Waals surface area contributed by atoms with Gasteiger partial charge in [0.25, 0.3) is 11.4 Å². The molecule has 0 spiro atoms. The van der Waals surface area contributed by atoms with Crippen molar-refractivity contribution in [2.24, 2.45) is 0 Å². The van der Waals surface area contributed by atoms with Crippen molar-refractivity contribution in [1.29, 1.82) is 0 Å². The van der Waals surface area contributed by atoms with E-state index in [9.17, 15) is 9.59 Å². The summed E-state index contributed by atoms with van der Waals surface area (Å²) in [5.41, 5.74) is 5.14. The quantitative estimate of drug-likeness (QED) is 0.428. The van der Waals surface area contributed by atoms with E-state index in [2.05, 4.69) is 29.3 Å². The lowest BCUT2D eigenvalue weighted by molar-refractivity contribution is -0.116. The molecule has 4 aromatic rings. The van der Waals surface area contributed by atoms with E-state index < -0.39 is 0 Å². The number of aryl methyl sites for hydroxylation is 3. The Morgan fingerprint density at radius 1 is 1.03 bits per heavy atom. The monoisotopic (exact) mass is 456 g/mol. The van der Waals surface area contributed by atoms with Crippen molar-refractivity contribution >= 4 is 11.6 Å². The number of carbonyl (C=O) groups excluding carboxylic acids is 1. The molecule has 1 amide bonds. The maximum Gasteiger partial charge on any atom is 0.264 e. The fourth-order valence-corrected chi connectivity index (χ4v) is 3.82. The molecule has 2 aromatic heterocycles. The molecule has 0 saturated heterocycles. The Morgan fingerprint density at radius 2 is 1.71 bits per heavy atom. The summed E-state index contributed by atoms with van der Waals surface area (Å²) in [6.07, 6.45) is 0. The Morgan fingerprint density at radius 3 is 2.35 bits per heavy atom. The number of pyridine rings is 1. The van der Waals surface area contributed by atoms with Crippen molar-refractivity contribution < 1.29 is 9.32 Å². The summed E-state index contributed by atoms with van der Waals surface area (Å²) in [6.45, 7) is 9.73. The van der Waals surface area contributed by atoms with Gasteiger partial charge < -0.3 is 14.4 Å². The minimum absolute atomic E-state index is 0.122. The fourth-order valence-electron chi connectivity index (χ4n) is 3.82. The Hall–Kier alpha value is -4.00. The first-order chi connectivity index (χ1) is 16.2. The number of hydrogen-bond acceptors (Lipinski definition) is 5. The molecule has 0 atom stereocenters. The first-order valence-electron chi connectivity index (χ1n) is 11.2. The van der Waals surface area contributed by atoms with E-state index in [0.29, 0.717) is 34.3 Å². The lowest BCUT2D eigenvalue weighted by atomic mass is 10.0. The number of nitrogens with one attached hydrogen (secondary N) is 1. The number of nitrogens with zero attached hydrogens (tertiary/aromatic N) is 3. The van der Waals surface area contributed by atoms with Gasteiger partial charge in [0, 0.05) is 16.9 Å². The molecule has 34 heavy (non-hydrogen) atoms. The van der Waals surface area contributed by atoms with Gasteiger partial charge in [-0.05, 0) is 56.0 Å². The maximum atomic E-state index is 13.4. The lowest BCUT2D eigenvalue weighted by Gasteiger charge is -2.13. The highest BCUT2D eigenvalue weighted by Gasteiger charge is 2.20. The van der Waals surface area contributed by atoms with Crippen molar-refractivity contribution in [3.05, 3.63) is 87.3 Å². The second kappa shape index (κ2) is 9.47. The fraction of sp³-hybridized carbons (Fsp3) is 0.259. The van der Waals surface area contributed by atoms with Gasteiger partial charge in [0.1, 0.15) is 12.1 Å².